The van der Waals surface area contributed by atoms with E-state index in [9.17, 15) is 10.1 Å². The molecule has 0 N–H and O–H groups in total. The standard InChI is InChI=1S/C22H31N7O3/c1-25-10-8-17(9-11-25)26(2)21-20(29(30)31)22(24-16-23-21)28-14-12-27(13-15-28)18-4-6-19(32-3)7-5-18/h4-7,16-17H,8-15H2,1-3H3. The molecule has 32 heavy (non-hydrogen) atoms. The summed E-state index contributed by atoms with van der Waals surface area (Å²) < 4.78 is 5.24. The molecule has 10 heteroatoms. The fourth-order valence-electron chi connectivity index (χ4n) is 4.54. The van der Waals surface area contributed by atoms with Gasteiger partial charge >= 0.3 is 5.69 Å². The number of nitro groups is 1. The molecule has 0 radical (unpaired) electrons. The molecule has 0 atom stereocenters. The van der Waals surface area contributed by atoms with Gasteiger partial charge in [-0.1, -0.05) is 0 Å². The van der Waals surface area contributed by atoms with Gasteiger partial charge in [-0.15, -0.1) is 0 Å². The van der Waals surface area contributed by atoms with Gasteiger partial charge in [0.2, 0.25) is 11.6 Å². The quantitative estimate of drug-likeness (QED) is 0.494. The van der Waals surface area contributed by atoms with Crippen LogP contribution in [0.3, 0.4) is 0 Å². The van der Waals surface area contributed by atoms with Gasteiger partial charge in [0.05, 0.1) is 12.0 Å². The summed E-state index contributed by atoms with van der Waals surface area (Å²) in [6.07, 6.45) is 3.38. The fraction of sp³-hybridized carbons (Fsp3) is 0.545. The zero-order chi connectivity index (χ0) is 22.7. The van der Waals surface area contributed by atoms with Crippen molar-refractivity contribution in [3.05, 3.63) is 40.7 Å². The maximum atomic E-state index is 12.1. The van der Waals surface area contributed by atoms with Crippen molar-refractivity contribution in [3.63, 3.8) is 0 Å². The molecule has 0 spiro atoms. The van der Waals surface area contributed by atoms with Crippen molar-refractivity contribution in [1.82, 2.24) is 14.9 Å². The molecule has 2 aromatic rings. The predicted molar refractivity (Wildman–Crippen MR) is 125 cm³/mol. The highest BCUT2D eigenvalue weighted by Crippen LogP contribution is 2.36. The lowest BCUT2D eigenvalue weighted by atomic mass is 10.0. The zero-order valence-corrected chi connectivity index (χ0v) is 19.0. The number of aromatic nitrogens is 2. The summed E-state index contributed by atoms with van der Waals surface area (Å²) in [6.45, 7) is 4.78. The molecule has 3 heterocycles. The van der Waals surface area contributed by atoms with Gasteiger partial charge in [-0.25, -0.2) is 9.97 Å². The normalized spacial score (nSPS) is 18.0. The van der Waals surface area contributed by atoms with Gasteiger partial charge in [0.25, 0.3) is 0 Å². The maximum absolute atomic E-state index is 12.1. The van der Waals surface area contributed by atoms with E-state index in [-0.39, 0.29) is 16.7 Å². The molecular formula is C22H31N7O3. The van der Waals surface area contributed by atoms with Gasteiger partial charge in [0.1, 0.15) is 12.1 Å². The van der Waals surface area contributed by atoms with Crippen LogP contribution < -0.4 is 19.4 Å². The molecule has 10 nitrogen and oxygen atoms in total. The summed E-state index contributed by atoms with van der Waals surface area (Å²) in [6, 6.07) is 8.20. The number of piperazine rings is 1. The van der Waals surface area contributed by atoms with E-state index in [1.807, 2.05) is 41.1 Å². The Morgan fingerprint density at radius 2 is 1.66 bits per heavy atom. The van der Waals surface area contributed by atoms with E-state index in [1.54, 1.807) is 7.11 Å². The van der Waals surface area contributed by atoms with Crippen molar-refractivity contribution in [2.45, 2.75) is 18.9 Å². The van der Waals surface area contributed by atoms with Gasteiger partial charge in [0, 0.05) is 45.0 Å². The molecule has 172 valence electrons. The lowest BCUT2D eigenvalue weighted by Gasteiger charge is -2.37. The second-order valence-electron chi connectivity index (χ2n) is 8.44. The second-order valence-corrected chi connectivity index (χ2v) is 8.44. The smallest absolute Gasteiger partial charge is 0.353 e. The first kappa shape index (κ1) is 22.1. The Morgan fingerprint density at radius 1 is 1.03 bits per heavy atom. The first-order valence-electron chi connectivity index (χ1n) is 11.0. The van der Waals surface area contributed by atoms with Gasteiger partial charge in [-0.2, -0.15) is 0 Å². The number of ether oxygens (including phenoxy) is 1. The molecule has 2 aliphatic heterocycles. The first-order valence-corrected chi connectivity index (χ1v) is 11.0. The lowest BCUT2D eigenvalue weighted by molar-refractivity contribution is -0.383. The molecule has 2 saturated heterocycles. The van der Waals surface area contributed by atoms with Crippen LogP contribution >= 0.6 is 0 Å². The number of likely N-dealkylation sites (tertiary alicyclic amines) is 1. The number of benzene rings is 1. The summed E-state index contributed by atoms with van der Waals surface area (Å²) in [7, 11) is 5.67. The molecule has 1 aromatic heterocycles. The zero-order valence-electron chi connectivity index (χ0n) is 19.0. The maximum Gasteiger partial charge on any atom is 0.353 e. The van der Waals surface area contributed by atoms with E-state index in [4.69, 9.17) is 4.74 Å². The number of piperidine rings is 1. The Hall–Kier alpha value is -3.14. The third-order valence-electron chi connectivity index (χ3n) is 6.55. The van der Waals surface area contributed by atoms with Crippen LogP contribution in [0.15, 0.2) is 30.6 Å². The van der Waals surface area contributed by atoms with Crippen LogP contribution in [0.25, 0.3) is 0 Å². The summed E-state index contributed by atoms with van der Waals surface area (Å²) >= 11 is 0. The minimum absolute atomic E-state index is 0.00632. The molecule has 2 fully saturated rings. The third kappa shape index (κ3) is 4.55. The Balaban J connectivity index is 1.51. The molecule has 0 aliphatic carbocycles. The highest BCUT2D eigenvalue weighted by Gasteiger charge is 2.33. The number of methoxy groups -OCH3 is 1. The molecule has 0 amide bonds. The van der Waals surface area contributed by atoms with Crippen LogP contribution in [-0.2, 0) is 0 Å². The largest absolute Gasteiger partial charge is 0.497 e. The predicted octanol–water partition coefficient (Wildman–Crippen LogP) is 2.25. The number of nitrogens with zero attached hydrogens (tertiary/aromatic N) is 7. The van der Waals surface area contributed by atoms with Crippen molar-refractivity contribution in [3.8, 4) is 5.75 Å². The van der Waals surface area contributed by atoms with E-state index < -0.39 is 0 Å². The molecule has 0 saturated carbocycles. The van der Waals surface area contributed by atoms with Gasteiger partial charge < -0.3 is 24.3 Å². The third-order valence-corrected chi connectivity index (χ3v) is 6.55. The Morgan fingerprint density at radius 3 is 2.25 bits per heavy atom. The molecule has 0 unspecified atom stereocenters. The van der Waals surface area contributed by atoms with E-state index >= 15 is 0 Å². The van der Waals surface area contributed by atoms with Crippen LogP contribution in [0.2, 0.25) is 0 Å². The van der Waals surface area contributed by atoms with E-state index in [1.165, 1.54) is 6.33 Å². The average Bonchev–Trinajstić information content (AvgIpc) is 2.83. The van der Waals surface area contributed by atoms with Crippen LogP contribution in [-0.4, -0.2) is 86.3 Å². The Labute approximate surface area is 188 Å². The molecule has 1 aromatic carbocycles. The van der Waals surface area contributed by atoms with Crippen molar-refractivity contribution < 1.29 is 9.66 Å². The number of rotatable bonds is 6. The molecule has 2 aliphatic rings. The van der Waals surface area contributed by atoms with E-state index in [2.05, 4.69) is 26.8 Å². The molecule has 4 rings (SSSR count). The first-order chi connectivity index (χ1) is 15.5. The lowest BCUT2D eigenvalue weighted by Crippen LogP contribution is -2.47. The number of hydrogen-bond donors (Lipinski definition) is 0. The summed E-state index contributed by atoms with van der Waals surface area (Å²) in [5.41, 5.74) is 1.12. The van der Waals surface area contributed by atoms with Crippen LogP contribution in [0, 0.1) is 10.1 Å². The molecule has 0 bridgehead atoms. The van der Waals surface area contributed by atoms with Crippen LogP contribution in [0.1, 0.15) is 12.8 Å². The topological polar surface area (TPSA) is 91.1 Å². The highest BCUT2D eigenvalue weighted by atomic mass is 16.6. The molecular weight excluding hydrogens is 410 g/mol. The van der Waals surface area contributed by atoms with E-state index in [0.29, 0.717) is 24.7 Å². The van der Waals surface area contributed by atoms with Gasteiger partial charge in [0.15, 0.2) is 0 Å². The summed E-state index contributed by atoms with van der Waals surface area (Å²) in [4.78, 5) is 29.0. The number of anilines is 3. The Kier molecular flexibility index (Phi) is 6.59. The van der Waals surface area contributed by atoms with Crippen LogP contribution in [0.4, 0.5) is 23.0 Å². The van der Waals surface area contributed by atoms with Crippen molar-refractivity contribution in [2.75, 3.05) is 75.2 Å². The monoisotopic (exact) mass is 441 g/mol. The van der Waals surface area contributed by atoms with Crippen LogP contribution in [0.5, 0.6) is 5.75 Å². The SMILES string of the molecule is COc1ccc(N2CCN(c3ncnc(N(C)C4CCN(C)CC4)c3[N+](=O)[O-])CC2)cc1. The minimum atomic E-state index is -0.327. The van der Waals surface area contributed by atoms with E-state index in [0.717, 1.165) is 50.5 Å². The number of hydrogen-bond acceptors (Lipinski definition) is 9. The summed E-state index contributed by atoms with van der Waals surface area (Å²) in [5.74, 6) is 1.64. The highest BCUT2D eigenvalue weighted by molar-refractivity contribution is 5.71. The van der Waals surface area contributed by atoms with Gasteiger partial charge in [-0.05, 0) is 57.2 Å². The van der Waals surface area contributed by atoms with Crippen molar-refractivity contribution in [2.24, 2.45) is 0 Å². The van der Waals surface area contributed by atoms with Crippen molar-refractivity contribution in [1.29, 1.82) is 0 Å². The summed E-state index contributed by atoms with van der Waals surface area (Å²) in [5, 5.41) is 12.1. The second kappa shape index (κ2) is 9.56. The minimum Gasteiger partial charge on any atom is -0.497 e. The van der Waals surface area contributed by atoms with Crippen molar-refractivity contribution >= 4 is 23.0 Å². The average molecular weight is 442 g/mol. The Bertz CT molecular complexity index is 924. The fourth-order valence-corrected chi connectivity index (χ4v) is 4.54. The van der Waals surface area contributed by atoms with Gasteiger partial charge in [-0.3, -0.25) is 10.1 Å².